The molecule has 0 aliphatic carbocycles. The maximum atomic E-state index is 12.6. The van der Waals surface area contributed by atoms with Crippen LogP contribution in [0.2, 0.25) is 5.02 Å². The Morgan fingerprint density at radius 2 is 2.10 bits per heavy atom. The third-order valence-electron chi connectivity index (χ3n) is 2.56. The van der Waals surface area contributed by atoms with Crippen LogP contribution in [0.1, 0.15) is 19.4 Å². The quantitative estimate of drug-likeness (QED) is 0.859. The van der Waals surface area contributed by atoms with E-state index in [1.165, 1.54) is 12.1 Å². The minimum atomic E-state index is -4.09. The second-order valence-electron chi connectivity index (χ2n) is 4.84. The number of rotatable bonds is 6. The lowest BCUT2D eigenvalue weighted by Crippen LogP contribution is -2.38. The Kier molecular flexibility index (Phi) is 5.72. The van der Waals surface area contributed by atoms with E-state index in [0.717, 1.165) is 10.4 Å². The molecule has 0 heterocycles. The van der Waals surface area contributed by atoms with E-state index in [4.69, 9.17) is 22.0 Å². The molecule has 1 aromatic rings. The highest BCUT2D eigenvalue weighted by Crippen LogP contribution is 2.26. The molecule has 1 rings (SSSR count). The second kappa shape index (κ2) is 6.89. The van der Waals surface area contributed by atoms with Crippen LogP contribution in [0, 0.1) is 17.2 Å². The number of carboxylic acids is 1. The average molecular weight is 331 g/mol. The second-order valence-corrected chi connectivity index (χ2v) is 7.16. The molecule has 6 nitrogen and oxygen atoms in total. The monoisotopic (exact) mass is 330 g/mol. The zero-order valence-electron chi connectivity index (χ0n) is 11.6. The van der Waals surface area contributed by atoms with Crippen molar-refractivity contribution in [3.63, 3.8) is 0 Å². The van der Waals surface area contributed by atoms with E-state index >= 15 is 0 Å². The molecule has 0 amide bonds. The van der Waals surface area contributed by atoms with Gasteiger partial charge in [-0.25, -0.2) is 8.42 Å². The Morgan fingerprint density at radius 3 is 2.57 bits per heavy atom. The Labute approximate surface area is 128 Å². The van der Waals surface area contributed by atoms with E-state index in [1.54, 1.807) is 13.8 Å². The van der Waals surface area contributed by atoms with Crippen molar-refractivity contribution >= 4 is 27.6 Å². The number of nitrogens with zero attached hydrogens (tertiary/aromatic N) is 2. The van der Waals surface area contributed by atoms with Crippen LogP contribution in [0.4, 0.5) is 0 Å². The van der Waals surface area contributed by atoms with Gasteiger partial charge in [0, 0.05) is 6.54 Å². The molecular formula is C13H15ClN2O4S. The van der Waals surface area contributed by atoms with E-state index in [9.17, 15) is 13.2 Å². The molecule has 0 saturated carbocycles. The number of nitriles is 1. The van der Waals surface area contributed by atoms with Crippen molar-refractivity contribution in [2.24, 2.45) is 5.92 Å². The lowest BCUT2D eigenvalue weighted by Gasteiger charge is -2.22. The Hall–Kier alpha value is -1.62. The van der Waals surface area contributed by atoms with Crippen LogP contribution in [0.15, 0.2) is 23.1 Å². The largest absolute Gasteiger partial charge is 0.480 e. The summed E-state index contributed by atoms with van der Waals surface area (Å²) in [4.78, 5) is 10.6. The van der Waals surface area contributed by atoms with Gasteiger partial charge in [-0.3, -0.25) is 4.79 Å². The minimum absolute atomic E-state index is 0.0434. The maximum absolute atomic E-state index is 12.6. The summed E-state index contributed by atoms with van der Waals surface area (Å²) in [5.41, 5.74) is 0.137. The van der Waals surface area contributed by atoms with Gasteiger partial charge in [-0.1, -0.05) is 25.4 Å². The molecule has 1 aromatic carbocycles. The van der Waals surface area contributed by atoms with Crippen molar-refractivity contribution in [3.05, 3.63) is 28.8 Å². The van der Waals surface area contributed by atoms with Gasteiger partial charge in [0.15, 0.2) is 0 Å². The number of hydrogen-bond acceptors (Lipinski definition) is 4. The number of carboxylic acid groups (broad SMARTS) is 1. The lowest BCUT2D eigenvalue weighted by atomic mass is 10.2. The summed E-state index contributed by atoms with van der Waals surface area (Å²) in [5, 5.41) is 17.7. The van der Waals surface area contributed by atoms with Crippen LogP contribution in [0.3, 0.4) is 0 Å². The predicted octanol–water partition coefficient (Wildman–Crippen LogP) is 1.94. The predicted molar refractivity (Wildman–Crippen MR) is 77.4 cm³/mol. The normalized spacial score (nSPS) is 11.6. The maximum Gasteiger partial charge on any atom is 0.318 e. The van der Waals surface area contributed by atoms with E-state index in [2.05, 4.69) is 0 Å². The topological polar surface area (TPSA) is 98.5 Å². The lowest BCUT2D eigenvalue weighted by molar-refractivity contribution is -0.137. The molecule has 0 saturated heterocycles. The van der Waals surface area contributed by atoms with E-state index in [1.807, 2.05) is 6.07 Å². The summed E-state index contributed by atoms with van der Waals surface area (Å²) in [6.07, 6.45) is 0. The van der Waals surface area contributed by atoms with Crippen molar-refractivity contribution in [3.8, 4) is 6.07 Å². The van der Waals surface area contributed by atoms with Crippen LogP contribution >= 0.6 is 11.6 Å². The first-order valence-corrected chi connectivity index (χ1v) is 7.92. The fourth-order valence-electron chi connectivity index (χ4n) is 1.72. The molecule has 0 aliphatic rings. The molecule has 0 aliphatic heterocycles. The molecule has 0 aromatic heterocycles. The van der Waals surface area contributed by atoms with Gasteiger partial charge in [0.1, 0.15) is 11.4 Å². The van der Waals surface area contributed by atoms with Gasteiger partial charge in [-0.2, -0.15) is 9.57 Å². The van der Waals surface area contributed by atoms with Crippen molar-refractivity contribution in [2.45, 2.75) is 18.7 Å². The molecule has 0 spiro atoms. The molecule has 1 N–H and O–H groups in total. The van der Waals surface area contributed by atoms with Crippen LogP contribution in [-0.2, 0) is 14.8 Å². The number of aliphatic carboxylic acids is 1. The summed E-state index contributed by atoms with van der Waals surface area (Å²) >= 11 is 5.89. The number of sulfonamides is 1. The number of halogens is 1. The Morgan fingerprint density at radius 1 is 1.48 bits per heavy atom. The van der Waals surface area contributed by atoms with Crippen molar-refractivity contribution < 1.29 is 18.3 Å². The first-order valence-electron chi connectivity index (χ1n) is 6.10. The number of benzene rings is 1. The van der Waals surface area contributed by atoms with Crippen LogP contribution in [0.25, 0.3) is 0 Å². The van der Waals surface area contributed by atoms with Crippen molar-refractivity contribution in [1.82, 2.24) is 4.31 Å². The van der Waals surface area contributed by atoms with Crippen LogP contribution in [0.5, 0.6) is 0 Å². The van der Waals surface area contributed by atoms with Gasteiger partial charge in [0.05, 0.1) is 16.7 Å². The van der Waals surface area contributed by atoms with Gasteiger partial charge in [0.2, 0.25) is 10.0 Å². The fraction of sp³-hybridized carbons (Fsp3) is 0.385. The standard InChI is InChI=1S/C13H15ClN2O4S/c1-9(2)7-16(8-13(17)18)21(19,20)12-5-10(6-15)3-4-11(12)14/h3-5,9H,7-8H2,1-2H3,(H,17,18). The highest BCUT2D eigenvalue weighted by atomic mass is 35.5. The van der Waals surface area contributed by atoms with E-state index < -0.39 is 22.5 Å². The summed E-state index contributed by atoms with van der Waals surface area (Å²) in [5.74, 6) is -1.32. The van der Waals surface area contributed by atoms with Crippen molar-refractivity contribution in [2.75, 3.05) is 13.1 Å². The Bertz CT molecular complexity index is 680. The zero-order valence-corrected chi connectivity index (χ0v) is 13.1. The molecule has 8 heteroatoms. The summed E-state index contributed by atoms with van der Waals surface area (Å²) in [7, 11) is -4.09. The molecule has 0 radical (unpaired) electrons. The molecule has 0 bridgehead atoms. The van der Waals surface area contributed by atoms with E-state index in [0.29, 0.717) is 0 Å². The third kappa shape index (κ3) is 4.43. The first-order chi connectivity index (χ1) is 9.68. The first kappa shape index (κ1) is 17.4. The smallest absolute Gasteiger partial charge is 0.318 e. The molecule has 114 valence electrons. The minimum Gasteiger partial charge on any atom is -0.480 e. The van der Waals surface area contributed by atoms with Gasteiger partial charge in [-0.05, 0) is 24.1 Å². The summed E-state index contributed by atoms with van der Waals surface area (Å²) in [6, 6.07) is 5.68. The molecule has 0 atom stereocenters. The zero-order chi connectivity index (χ0) is 16.2. The Balaban J connectivity index is 3.34. The molecule has 0 fully saturated rings. The molecular weight excluding hydrogens is 316 g/mol. The van der Waals surface area contributed by atoms with Crippen LogP contribution in [-0.4, -0.2) is 36.9 Å². The molecule has 0 unspecified atom stereocenters. The van der Waals surface area contributed by atoms with Crippen LogP contribution < -0.4 is 0 Å². The number of hydrogen-bond donors (Lipinski definition) is 1. The van der Waals surface area contributed by atoms with Gasteiger partial charge in [-0.15, -0.1) is 0 Å². The summed E-state index contributed by atoms with van der Waals surface area (Å²) in [6.45, 7) is 2.94. The molecule has 21 heavy (non-hydrogen) atoms. The van der Waals surface area contributed by atoms with E-state index in [-0.39, 0.29) is 27.9 Å². The number of carbonyl (C=O) groups is 1. The highest BCUT2D eigenvalue weighted by molar-refractivity contribution is 7.89. The van der Waals surface area contributed by atoms with Gasteiger partial charge >= 0.3 is 5.97 Å². The van der Waals surface area contributed by atoms with Crippen molar-refractivity contribution in [1.29, 1.82) is 5.26 Å². The fourth-order valence-corrected chi connectivity index (χ4v) is 3.77. The third-order valence-corrected chi connectivity index (χ3v) is 4.85. The summed E-state index contributed by atoms with van der Waals surface area (Å²) < 4.78 is 26.0. The van der Waals surface area contributed by atoms with Gasteiger partial charge < -0.3 is 5.11 Å². The highest BCUT2D eigenvalue weighted by Gasteiger charge is 2.29. The van der Waals surface area contributed by atoms with Gasteiger partial charge in [0.25, 0.3) is 0 Å². The SMILES string of the molecule is CC(C)CN(CC(=O)O)S(=O)(=O)c1cc(C#N)ccc1Cl. The average Bonchev–Trinajstić information content (AvgIpc) is 2.37.